The van der Waals surface area contributed by atoms with Crippen LogP contribution < -0.4 is 11.1 Å². The van der Waals surface area contributed by atoms with Crippen LogP contribution in [0.25, 0.3) is 0 Å². The zero-order chi connectivity index (χ0) is 17.0. The van der Waals surface area contributed by atoms with E-state index in [1.165, 1.54) is 11.3 Å². The van der Waals surface area contributed by atoms with Crippen LogP contribution in [0.15, 0.2) is 29.6 Å². The molecule has 1 fully saturated rings. The Balaban J connectivity index is 0.00000225. The smallest absolute Gasteiger partial charge is 0.270 e. The largest absolute Gasteiger partial charge is 0.381 e. The average molecular weight is 402 g/mol. The fraction of sp³-hybridized carbons (Fsp3) is 0.412. The molecule has 0 spiro atoms. The Kier molecular flexibility index (Phi) is 7.22. The van der Waals surface area contributed by atoms with Gasteiger partial charge in [-0.15, -0.1) is 23.7 Å². The Morgan fingerprint density at radius 3 is 2.80 bits per heavy atom. The standard InChI is InChI=1S/C17H20ClN3O2S.ClH/c18-13-3-1-2-12(8-13)17(4-6-23-7-5-17)11-20-16(22)14-10-24-15(9-19)21-14;/h1-3,8,10H,4-7,9,11,19H2,(H,20,22);1H. The molecule has 2 heterocycles. The molecule has 3 N–H and O–H groups in total. The molecular weight excluding hydrogens is 381 g/mol. The van der Waals surface area contributed by atoms with Crippen molar-refractivity contribution in [3.8, 4) is 0 Å². The van der Waals surface area contributed by atoms with Gasteiger partial charge in [0.1, 0.15) is 10.7 Å². The van der Waals surface area contributed by atoms with E-state index in [2.05, 4.69) is 16.4 Å². The van der Waals surface area contributed by atoms with Crippen molar-refractivity contribution in [2.24, 2.45) is 5.73 Å². The van der Waals surface area contributed by atoms with Gasteiger partial charge in [0, 0.05) is 42.1 Å². The van der Waals surface area contributed by atoms with E-state index in [0.29, 0.717) is 37.0 Å². The van der Waals surface area contributed by atoms with E-state index >= 15 is 0 Å². The van der Waals surface area contributed by atoms with Gasteiger partial charge in [0.15, 0.2) is 0 Å². The van der Waals surface area contributed by atoms with Gasteiger partial charge in [0.25, 0.3) is 5.91 Å². The normalized spacial score (nSPS) is 16.1. The first-order valence-corrected chi connectivity index (χ1v) is 9.15. The van der Waals surface area contributed by atoms with Gasteiger partial charge in [-0.05, 0) is 30.5 Å². The summed E-state index contributed by atoms with van der Waals surface area (Å²) < 4.78 is 5.52. The van der Waals surface area contributed by atoms with Gasteiger partial charge >= 0.3 is 0 Å². The highest BCUT2D eigenvalue weighted by Gasteiger charge is 2.35. The molecule has 1 aromatic heterocycles. The molecule has 1 aliphatic heterocycles. The predicted octanol–water partition coefficient (Wildman–Crippen LogP) is 3.16. The molecule has 0 unspecified atom stereocenters. The monoisotopic (exact) mass is 401 g/mol. The summed E-state index contributed by atoms with van der Waals surface area (Å²) in [5.74, 6) is -0.168. The van der Waals surface area contributed by atoms with Crippen molar-refractivity contribution in [1.82, 2.24) is 10.3 Å². The highest BCUT2D eigenvalue weighted by Crippen LogP contribution is 2.35. The number of amides is 1. The third-order valence-electron chi connectivity index (χ3n) is 4.43. The molecule has 1 aliphatic rings. The van der Waals surface area contributed by atoms with Crippen molar-refractivity contribution >= 4 is 41.3 Å². The van der Waals surface area contributed by atoms with Gasteiger partial charge in [0.05, 0.1) is 0 Å². The molecule has 0 saturated carbocycles. The van der Waals surface area contributed by atoms with Crippen molar-refractivity contribution in [2.75, 3.05) is 19.8 Å². The van der Waals surface area contributed by atoms with Gasteiger partial charge in [-0.3, -0.25) is 4.79 Å². The summed E-state index contributed by atoms with van der Waals surface area (Å²) in [6, 6.07) is 7.86. The Labute approximate surface area is 162 Å². The van der Waals surface area contributed by atoms with Crippen LogP contribution in [0.5, 0.6) is 0 Å². The second-order valence-electron chi connectivity index (χ2n) is 5.92. The van der Waals surface area contributed by atoms with E-state index in [9.17, 15) is 4.79 Å². The van der Waals surface area contributed by atoms with Gasteiger partial charge in [-0.25, -0.2) is 4.98 Å². The van der Waals surface area contributed by atoms with Crippen molar-refractivity contribution < 1.29 is 9.53 Å². The number of nitrogens with zero attached hydrogens (tertiary/aromatic N) is 1. The fourth-order valence-corrected chi connectivity index (χ4v) is 3.84. The number of ether oxygens (including phenoxy) is 1. The lowest BCUT2D eigenvalue weighted by Gasteiger charge is -2.38. The molecule has 1 saturated heterocycles. The number of carbonyl (C=O) groups excluding carboxylic acids is 1. The number of hydrogen-bond acceptors (Lipinski definition) is 5. The zero-order valence-corrected chi connectivity index (χ0v) is 16.1. The second kappa shape index (κ2) is 8.96. The number of hydrogen-bond donors (Lipinski definition) is 2. The fourth-order valence-electron chi connectivity index (χ4n) is 3.00. The summed E-state index contributed by atoms with van der Waals surface area (Å²) in [7, 11) is 0. The summed E-state index contributed by atoms with van der Waals surface area (Å²) in [5, 5.41) is 6.24. The number of rotatable bonds is 5. The van der Waals surface area contributed by atoms with Gasteiger partial charge < -0.3 is 15.8 Å². The molecule has 2 aromatic rings. The van der Waals surface area contributed by atoms with Crippen LogP contribution in [-0.4, -0.2) is 30.6 Å². The molecule has 3 rings (SSSR count). The minimum atomic E-state index is -0.168. The maximum absolute atomic E-state index is 12.4. The lowest BCUT2D eigenvalue weighted by Crippen LogP contribution is -2.44. The van der Waals surface area contributed by atoms with Crippen molar-refractivity contribution in [1.29, 1.82) is 0 Å². The molecule has 0 aliphatic carbocycles. The van der Waals surface area contributed by atoms with E-state index in [-0.39, 0.29) is 23.7 Å². The predicted molar refractivity (Wildman–Crippen MR) is 103 cm³/mol. The quantitative estimate of drug-likeness (QED) is 0.806. The molecule has 0 atom stereocenters. The molecule has 1 amide bonds. The van der Waals surface area contributed by atoms with Gasteiger partial charge in [-0.2, -0.15) is 0 Å². The van der Waals surface area contributed by atoms with Crippen LogP contribution >= 0.6 is 35.3 Å². The summed E-state index contributed by atoms with van der Waals surface area (Å²) in [6.07, 6.45) is 1.69. The van der Waals surface area contributed by atoms with E-state index in [1.807, 2.05) is 18.2 Å². The van der Waals surface area contributed by atoms with Crippen molar-refractivity contribution in [3.05, 3.63) is 50.9 Å². The molecule has 0 bridgehead atoms. The molecule has 136 valence electrons. The SMILES string of the molecule is Cl.NCc1nc(C(=O)NCC2(c3cccc(Cl)c3)CCOCC2)cs1. The third kappa shape index (κ3) is 4.71. The number of nitrogens with two attached hydrogens (primary N) is 1. The van der Waals surface area contributed by atoms with E-state index < -0.39 is 0 Å². The molecular formula is C17H21Cl2N3O2S. The number of carbonyl (C=O) groups is 1. The maximum atomic E-state index is 12.4. The summed E-state index contributed by atoms with van der Waals surface area (Å²) >= 11 is 7.57. The molecule has 1 aromatic carbocycles. The highest BCUT2D eigenvalue weighted by molar-refractivity contribution is 7.09. The molecule has 25 heavy (non-hydrogen) atoms. The van der Waals surface area contributed by atoms with Crippen LogP contribution in [0.4, 0.5) is 0 Å². The lowest BCUT2D eigenvalue weighted by atomic mass is 9.74. The second-order valence-corrected chi connectivity index (χ2v) is 7.30. The van der Waals surface area contributed by atoms with E-state index in [0.717, 1.165) is 23.4 Å². The number of benzene rings is 1. The number of halogens is 2. The summed E-state index contributed by atoms with van der Waals surface area (Å²) in [6.45, 7) is 2.24. The van der Waals surface area contributed by atoms with E-state index in [4.69, 9.17) is 22.1 Å². The molecule has 8 heteroatoms. The average Bonchev–Trinajstić information content (AvgIpc) is 3.10. The van der Waals surface area contributed by atoms with Crippen LogP contribution in [0.2, 0.25) is 5.02 Å². The maximum Gasteiger partial charge on any atom is 0.270 e. The first-order valence-electron chi connectivity index (χ1n) is 7.89. The van der Waals surface area contributed by atoms with Gasteiger partial charge in [-0.1, -0.05) is 23.7 Å². The minimum absolute atomic E-state index is 0. The highest BCUT2D eigenvalue weighted by atomic mass is 35.5. The number of thiazole rings is 1. The van der Waals surface area contributed by atoms with Crippen molar-refractivity contribution in [3.63, 3.8) is 0 Å². The molecule has 0 radical (unpaired) electrons. The van der Waals surface area contributed by atoms with Crippen molar-refractivity contribution in [2.45, 2.75) is 24.8 Å². The van der Waals surface area contributed by atoms with Crippen LogP contribution in [0, 0.1) is 0 Å². The Morgan fingerprint density at radius 1 is 1.40 bits per heavy atom. The number of nitrogens with one attached hydrogen (secondary N) is 1. The van der Waals surface area contributed by atoms with Crippen LogP contribution in [-0.2, 0) is 16.7 Å². The van der Waals surface area contributed by atoms with E-state index in [1.54, 1.807) is 5.38 Å². The Hall–Kier alpha value is -1.18. The molecule has 5 nitrogen and oxygen atoms in total. The third-order valence-corrected chi connectivity index (χ3v) is 5.54. The topological polar surface area (TPSA) is 77.2 Å². The van der Waals surface area contributed by atoms with Gasteiger partial charge in [0.2, 0.25) is 0 Å². The first-order chi connectivity index (χ1) is 11.6. The zero-order valence-electron chi connectivity index (χ0n) is 13.7. The van der Waals surface area contributed by atoms with Crippen LogP contribution in [0.3, 0.4) is 0 Å². The summed E-state index contributed by atoms with van der Waals surface area (Å²) in [4.78, 5) is 16.6. The Morgan fingerprint density at radius 2 is 2.16 bits per heavy atom. The number of aromatic nitrogens is 1. The lowest BCUT2D eigenvalue weighted by molar-refractivity contribution is 0.0487. The summed E-state index contributed by atoms with van der Waals surface area (Å²) in [5.41, 5.74) is 6.96. The minimum Gasteiger partial charge on any atom is -0.381 e. The Bertz CT molecular complexity index is 717. The first kappa shape index (κ1) is 20.1. The van der Waals surface area contributed by atoms with Crippen LogP contribution in [0.1, 0.15) is 33.9 Å².